The molecule has 2 heteroatoms. The fourth-order valence-electron chi connectivity index (χ4n) is 6.29. The molecule has 2 atom stereocenters. The van der Waals surface area contributed by atoms with Crippen LogP contribution in [0.3, 0.4) is 0 Å². The normalized spacial score (nSPS) is 13.4. The zero-order valence-electron chi connectivity index (χ0n) is 27.0. The van der Waals surface area contributed by atoms with Crippen molar-refractivity contribution in [1.29, 1.82) is 0 Å². The van der Waals surface area contributed by atoms with Gasteiger partial charge in [-0.15, -0.1) is 23.5 Å². The van der Waals surface area contributed by atoms with Crippen LogP contribution in [0.25, 0.3) is 33.7 Å². The van der Waals surface area contributed by atoms with Gasteiger partial charge in [-0.2, -0.15) is 0 Å². The molecule has 0 aliphatic heterocycles. The average Bonchev–Trinajstić information content (AvgIpc) is 3.02. The van der Waals surface area contributed by atoms with Crippen molar-refractivity contribution in [1.82, 2.24) is 0 Å². The quantitative estimate of drug-likeness (QED) is 0.0932. The molecule has 0 heterocycles. The second kappa shape index (κ2) is 16.6. The summed E-state index contributed by atoms with van der Waals surface area (Å²) in [5, 5.41) is 5.40. The number of hydrogen-bond acceptors (Lipinski definition) is 2. The van der Waals surface area contributed by atoms with Crippen LogP contribution in [0, 0.1) is 11.8 Å². The summed E-state index contributed by atoms with van der Waals surface area (Å²) >= 11 is 3.70. The van der Waals surface area contributed by atoms with E-state index in [0.29, 0.717) is 0 Å². The van der Waals surface area contributed by atoms with E-state index in [1.807, 2.05) is 23.5 Å². The van der Waals surface area contributed by atoms with Crippen LogP contribution in [0.2, 0.25) is 0 Å². The number of unbranched alkanes of at least 4 members (excludes halogenated alkanes) is 2. The van der Waals surface area contributed by atoms with Crippen molar-refractivity contribution in [2.45, 2.75) is 102 Å². The van der Waals surface area contributed by atoms with Crippen LogP contribution in [0.5, 0.6) is 0 Å². The summed E-state index contributed by atoms with van der Waals surface area (Å²) in [4.78, 5) is 2.69. The van der Waals surface area contributed by atoms with Crippen LogP contribution in [0.4, 0.5) is 0 Å². The topological polar surface area (TPSA) is 0 Å². The third-order valence-corrected chi connectivity index (χ3v) is 10.7. The Morgan fingerprint density at radius 2 is 0.976 bits per heavy atom. The molecule has 4 rings (SSSR count). The largest absolute Gasteiger partial charge is 0.129 e. The van der Waals surface area contributed by atoms with Gasteiger partial charge in [0.25, 0.3) is 0 Å². The van der Waals surface area contributed by atoms with E-state index >= 15 is 0 Å². The minimum absolute atomic E-state index is 0.794. The van der Waals surface area contributed by atoms with Gasteiger partial charge in [-0.05, 0) is 105 Å². The summed E-state index contributed by atoms with van der Waals surface area (Å²) in [5.41, 5.74) is 5.57. The summed E-state index contributed by atoms with van der Waals surface area (Å²) in [5.74, 6) is 1.59. The second-order valence-corrected chi connectivity index (χ2v) is 13.8. The summed E-state index contributed by atoms with van der Waals surface area (Å²) in [6.45, 7) is 9.29. The molecule has 4 aromatic carbocycles. The van der Waals surface area contributed by atoms with Crippen LogP contribution < -0.4 is 0 Å². The Kier molecular flexibility index (Phi) is 13.0. The number of hydrogen-bond donors (Lipinski definition) is 0. The van der Waals surface area contributed by atoms with Crippen molar-refractivity contribution >= 4 is 57.2 Å². The van der Waals surface area contributed by atoms with Gasteiger partial charge in [0.05, 0.1) is 0 Å². The van der Waals surface area contributed by atoms with Crippen molar-refractivity contribution in [2.75, 3.05) is 12.5 Å². The van der Waals surface area contributed by atoms with Gasteiger partial charge in [0.15, 0.2) is 0 Å². The zero-order valence-corrected chi connectivity index (χ0v) is 28.6. The summed E-state index contributed by atoms with van der Waals surface area (Å²) in [6.07, 6.45) is 21.9. The molecule has 0 bridgehead atoms. The third kappa shape index (κ3) is 8.70. The predicted molar refractivity (Wildman–Crippen MR) is 194 cm³/mol. The van der Waals surface area contributed by atoms with E-state index in [1.165, 1.54) is 118 Å². The van der Waals surface area contributed by atoms with Crippen molar-refractivity contribution in [3.05, 3.63) is 82.9 Å². The van der Waals surface area contributed by atoms with Gasteiger partial charge in [-0.25, -0.2) is 0 Å². The fraction of sp³-hybridized carbons (Fsp3) is 0.450. The van der Waals surface area contributed by atoms with Crippen LogP contribution >= 0.6 is 23.5 Å². The lowest BCUT2D eigenvalue weighted by Gasteiger charge is -2.15. The molecule has 4 aromatic rings. The minimum Gasteiger partial charge on any atom is -0.129 e. The first-order chi connectivity index (χ1) is 20.5. The van der Waals surface area contributed by atoms with Gasteiger partial charge in [0, 0.05) is 9.79 Å². The van der Waals surface area contributed by atoms with Crippen molar-refractivity contribution < 1.29 is 0 Å². The Hall–Kier alpha value is -2.16. The highest BCUT2D eigenvalue weighted by atomic mass is 32.2. The lowest BCUT2D eigenvalue weighted by Crippen LogP contribution is -2.03. The maximum Gasteiger partial charge on any atom is 0.0148 e. The van der Waals surface area contributed by atoms with Crippen molar-refractivity contribution in [3.63, 3.8) is 0 Å². The molecule has 0 aliphatic carbocycles. The van der Waals surface area contributed by atoms with Gasteiger partial charge in [0.1, 0.15) is 0 Å². The lowest BCUT2D eigenvalue weighted by atomic mass is 9.91. The molecule has 42 heavy (non-hydrogen) atoms. The molecular formula is C40H52S2. The first kappa shape index (κ1) is 32.7. The molecule has 0 N–H and O–H groups in total. The highest BCUT2D eigenvalue weighted by molar-refractivity contribution is 7.99. The van der Waals surface area contributed by atoms with E-state index in [1.54, 1.807) is 0 Å². The van der Waals surface area contributed by atoms with E-state index in [0.717, 1.165) is 11.8 Å². The SMILES string of the molecule is CCCCC(CC)Cc1ccc2cc(/C=C/c3cc4ccc(CC(CC)CCCC)cc4cc3SC)c(SC)cc2c1. The van der Waals surface area contributed by atoms with Crippen LogP contribution in [0.1, 0.15) is 101 Å². The highest BCUT2D eigenvalue weighted by Gasteiger charge is 2.11. The van der Waals surface area contributed by atoms with Crippen molar-refractivity contribution in [3.8, 4) is 0 Å². The number of fused-ring (bicyclic) bond motifs is 2. The molecule has 0 nitrogen and oxygen atoms in total. The Bertz CT molecular complexity index is 1350. The third-order valence-electron chi connectivity index (χ3n) is 9.08. The first-order valence-corrected chi connectivity index (χ1v) is 18.9. The number of thioether (sulfide) groups is 2. The molecule has 224 valence electrons. The van der Waals surface area contributed by atoms with Crippen LogP contribution in [-0.2, 0) is 12.8 Å². The number of rotatable bonds is 16. The Morgan fingerprint density at radius 1 is 0.548 bits per heavy atom. The maximum absolute atomic E-state index is 2.44. The number of benzene rings is 4. The molecule has 0 amide bonds. The molecule has 0 saturated heterocycles. The molecule has 0 aliphatic rings. The average molecular weight is 597 g/mol. The van der Waals surface area contributed by atoms with E-state index in [-0.39, 0.29) is 0 Å². The van der Waals surface area contributed by atoms with Crippen molar-refractivity contribution in [2.24, 2.45) is 11.8 Å². The summed E-state index contributed by atoms with van der Waals surface area (Å²) in [6, 6.07) is 23.8. The Balaban J connectivity index is 1.58. The van der Waals surface area contributed by atoms with E-state index in [2.05, 4.69) is 113 Å². The van der Waals surface area contributed by atoms with Crippen LogP contribution in [0.15, 0.2) is 70.5 Å². The standard InChI is InChI=1S/C40H52S2/c1-7-11-13-29(9-3)21-31-15-17-33-25-35(39(41-5)27-37(33)23-31)19-20-36-26-34-18-16-32(22-30(10-4)14-12-8-2)24-38(34)28-40(36)42-6/h15-20,23-30H,7-14,21-22H2,1-6H3/b20-19+. The van der Waals surface area contributed by atoms with Gasteiger partial charge in [0.2, 0.25) is 0 Å². The molecule has 0 fully saturated rings. The van der Waals surface area contributed by atoms with E-state index in [4.69, 9.17) is 0 Å². The molecule has 0 saturated carbocycles. The predicted octanol–water partition coefficient (Wildman–Crippen LogP) is 13.1. The Morgan fingerprint density at radius 3 is 1.33 bits per heavy atom. The molecular weight excluding hydrogens is 545 g/mol. The molecule has 0 radical (unpaired) electrons. The molecule has 0 aromatic heterocycles. The van der Waals surface area contributed by atoms with Gasteiger partial charge in [-0.1, -0.05) is 128 Å². The summed E-state index contributed by atoms with van der Waals surface area (Å²) < 4.78 is 0. The smallest absolute Gasteiger partial charge is 0.0148 e. The highest BCUT2D eigenvalue weighted by Crippen LogP contribution is 2.33. The lowest BCUT2D eigenvalue weighted by molar-refractivity contribution is 0.449. The van der Waals surface area contributed by atoms with Crippen LogP contribution in [-0.4, -0.2) is 12.5 Å². The minimum atomic E-state index is 0.794. The fourth-order valence-corrected chi connectivity index (χ4v) is 7.50. The first-order valence-electron chi connectivity index (χ1n) is 16.4. The summed E-state index contributed by atoms with van der Waals surface area (Å²) in [7, 11) is 0. The Labute approximate surface area is 265 Å². The van der Waals surface area contributed by atoms with E-state index in [9.17, 15) is 0 Å². The molecule has 0 spiro atoms. The van der Waals surface area contributed by atoms with Gasteiger partial charge >= 0.3 is 0 Å². The molecule has 2 unspecified atom stereocenters. The maximum atomic E-state index is 2.44. The second-order valence-electron chi connectivity index (χ2n) is 12.1. The monoisotopic (exact) mass is 596 g/mol. The van der Waals surface area contributed by atoms with E-state index < -0.39 is 0 Å². The van der Waals surface area contributed by atoms with Gasteiger partial charge < -0.3 is 0 Å². The van der Waals surface area contributed by atoms with Gasteiger partial charge in [-0.3, -0.25) is 0 Å². The zero-order chi connectivity index (χ0) is 29.9.